The molecule has 0 aliphatic rings. The third-order valence-electron chi connectivity index (χ3n) is 3.57. The van der Waals surface area contributed by atoms with Crippen LogP contribution in [0.15, 0.2) is 18.5 Å². The van der Waals surface area contributed by atoms with Crippen LogP contribution in [-0.2, 0) is 6.54 Å². The Morgan fingerprint density at radius 1 is 1.36 bits per heavy atom. The number of imidazole rings is 1. The second kappa shape index (κ2) is 5.68. The lowest BCUT2D eigenvalue weighted by Crippen LogP contribution is -2.42. The minimum Gasteiger partial charge on any atom is -0.346 e. The van der Waals surface area contributed by atoms with E-state index in [-0.39, 0.29) is 11.6 Å². The van der Waals surface area contributed by atoms with Crippen molar-refractivity contribution >= 4 is 22.1 Å². The molecule has 5 N–H and O–H groups in total. The molecule has 0 saturated carbocycles. The lowest BCUT2D eigenvalue weighted by Gasteiger charge is -2.25. The number of pyridine rings is 1. The van der Waals surface area contributed by atoms with Gasteiger partial charge in [0.05, 0.1) is 24.4 Å². The molecule has 118 valence electrons. The monoisotopic (exact) mass is 302 g/mol. The van der Waals surface area contributed by atoms with E-state index in [0.29, 0.717) is 6.54 Å². The number of hydrogen-bond acceptors (Lipinski definition) is 5. The van der Waals surface area contributed by atoms with E-state index in [0.717, 1.165) is 34.3 Å². The summed E-state index contributed by atoms with van der Waals surface area (Å²) < 4.78 is 0. The van der Waals surface area contributed by atoms with Gasteiger partial charge in [-0.3, -0.25) is 5.32 Å². The fourth-order valence-corrected chi connectivity index (χ4v) is 2.60. The summed E-state index contributed by atoms with van der Waals surface area (Å²) in [6.45, 7) is 6.94. The molecule has 0 radical (unpaired) electrons. The largest absolute Gasteiger partial charge is 0.346 e. The summed E-state index contributed by atoms with van der Waals surface area (Å²) in [6, 6.07) is 1.97. The third kappa shape index (κ3) is 3.11. The van der Waals surface area contributed by atoms with Gasteiger partial charge in [0.2, 0.25) is 0 Å². The smallest absolute Gasteiger partial charge is 0.139 e. The fraction of sp³-hybridized carbons (Fsp3) is 0.467. The van der Waals surface area contributed by atoms with Crippen LogP contribution in [0.5, 0.6) is 0 Å². The Bertz CT molecular complexity index is 769. The molecule has 7 nitrogen and oxygen atoms in total. The molecule has 0 bridgehead atoms. The normalized spacial score (nSPS) is 14.0. The van der Waals surface area contributed by atoms with E-state index in [1.807, 2.05) is 12.3 Å². The molecule has 0 spiro atoms. The van der Waals surface area contributed by atoms with Gasteiger partial charge in [-0.1, -0.05) is 20.8 Å². The Morgan fingerprint density at radius 3 is 2.91 bits per heavy atom. The van der Waals surface area contributed by atoms with Crippen LogP contribution in [0.4, 0.5) is 0 Å². The number of aromatic amines is 2. The number of hydroxylamine groups is 1. The summed E-state index contributed by atoms with van der Waals surface area (Å²) in [5.74, 6) is 0.819. The van der Waals surface area contributed by atoms with Gasteiger partial charge in [-0.2, -0.15) is 5.48 Å². The van der Waals surface area contributed by atoms with Crippen LogP contribution in [0, 0.1) is 5.41 Å². The summed E-state index contributed by atoms with van der Waals surface area (Å²) in [5.41, 5.74) is 5.09. The van der Waals surface area contributed by atoms with E-state index in [2.05, 4.69) is 51.5 Å². The highest BCUT2D eigenvalue weighted by molar-refractivity contribution is 6.00. The van der Waals surface area contributed by atoms with Gasteiger partial charge in [0.15, 0.2) is 0 Å². The molecular formula is C15H22N6O. The van der Waals surface area contributed by atoms with Crippen molar-refractivity contribution in [2.24, 2.45) is 5.41 Å². The van der Waals surface area contributed by atoms with Gasteiger partial charge in [-0.15, -0.1) is 0 Å². The van der Waals surface area contributed by atoms with Gasteiger partial charge >= 0.3 is 0 Å². The molecule has 3 heterocycles. The van der Waals surface area contributed by atoms with E-state index in [1.54, 1.807) is 6.20 Å². The summed E-state index contributed by atoms with van der Waals surface area (Å²) in [5, 5.41) is 13.5. The quantitative estimate of drug-likeness (QED) is 0.367. The first kappa shape index (κ1) is 15.0. The third-order valence-corrected chi connectivity index (χ3v) is 3.57. The lowest BCUT2D eigenvalue weighted by molar-refractivity contribution is 0.0854. The highest BCUT2D eigenvalue weighted by atomic mass is 16.5. The van der Waals surface area contributed by atoms with Crippen molar-refractivity contribution in [3.05, 3.63) is 24.3 Å². The molecule has 0 saturated heterocycles. The molecule has 0 aliphatic carbocycles. The standard InChI is InChI=1S/C15H22N6O/c1-15(2,3)6-11(21-22)17-8-12-19-10-7-18-14-9(4-5-16-14)13(10)20-12/h4-5,7,11,17,21-22H,6,8H2,1-3H3,(H,16,18)(H,19,20). The first-order valence-electron chi connectivity index (χ1n) is 7.40. The molecule has 0 fully saturated rings. The number of nitrogens with one attached hydrogen (secondary N) is 4. The maximum absolute atomic E-state index is 9.26. The molecule has 1 atom stereocenters. The van der Waals surface area contributed by atoms with Crippen LogP contribution in [0.3, 0.4) is 0 Å². The van der Waals surface area contributed by atoms with Crippen LogP contribution in [-0.4, -0.2) is 31.3 Å². The number of aromatic nitrogens is 4. The van der Waals surface area contributed by atoms with Crippen molar-refractivity contribution in [2.45, 2.75) is 39.9 Å². The van der Waals surface area contributed by atoms with E-state index in [9.17, 15) is 5.21 Å². The number of H-pyrrole nitrogens is 2. The Morgan fingerprint density at radius 2 is 2.18 bits per heavy atom. The highest BCUT2D eigenvalue weighted by Crippen LogP contribution is 2.21. The average molecular weight is 302 g/mol. The molecule has 0 amide bonds. The zero-order valence-corrected chi connectivity index (χ0v) is 13.1. The predicted molar refractivity (Wildman–Crippen MR) is 85.4 cm³/mol. The SMILES string of the molecule is CC(C)(C)CC(NO)NCc1nc2c(cnc3[nH]ccc32)[nH]1. The highest BCUT2D eigenvalue weighted by Gasteiger charge is 2.18. The Labute approximate surface area is 128 Å². The Balaban J connectivity index is 1.76. The number of fused-ring (bicyclic) bond motifs is 3. The summed E-state index contributed by atoms with van der Waals surface area (Å²) in [4.78, 5) is 15.3. The maximum Gasteiger partial charge on any atom is 0.139 e. The predicted octanol–water partition coefficient (Wildman–Crippen LogP) is 2.27. The van der Waals surface area contributed by atoms with Crippen molar-refractivity contribution < 1.29 is 5.21 Å². The van der Waals surface area contributed by atoms with Crippen molar-refractivity contribution in [3.8, 4) is 0 Å². The number of hydrogen-bond donors (Lipinski definition) is 5. The lowest BCUT2D eigenvalue weighted by atomic mass is 9.91. The van der Waals surface area contributed by atoms with Gasteiger partial charge < -0.3 is 15.2 Å². The first-order chi connectivity index (χ1) is 10.5. The average Bonchev–Trinajstić information content (AvgIpc) is 3.06. The van der Waals surface area contributed by atoms with Gasteiger partial charge in [-0.05, 0) is 17.9 Å². The zero-order valence-electron chi connectivity index (χ0n) is 13.1. The van der Waals surface area contributed by atoms with Crippen molar-refractivity contribution in [1.29, 1.82) is 0 Å². The summed E-state index contributed by atoms with van der Waals surface area (Å²) in [6.07, 6.45) is 4.26. The number of rotatable bonds is 5. The molecule has 22 heavy (non-hydrogen) atoms. The molecule has 3 rings (SSSR count). The van der Waals surface area contributed by atoms with E-state index in [1.165, 1.54) is 0 Å². The van der Waals surface area contributed by atoms with E-state index < -0.39 is 0 Å². The first-order valence-corrected chi connectivity index (χ1v) is 7.40. The second-order valence-electron chi connectivity index (χ2n) is 6.77. The summed E-state index contributed by atoms with van der Waals surface area (Å²) >= 11 is 0. The van der Waals surface area contributed by atoms with Gasteiger partial charge in [0.1, 0.15) is 17.0 Å². The van der Waals surface area contributed by atoms with Crippen molar-refractivity contribution in [3.63, 3.8) is 0 Å². The van der Waals surface area contributed by atoms with Crippen LogP contribution in [0.25, 0.3) is 22.1 Å². The van der Waals surface area contributed by atoms with Crippen LogP contribution in [0.2, 0.25) is 0 Å². The number of nitrogens with zero attached hydrogens (tertiary/aromatic N) is 2. The fourth-order valence-electron chi connectivity index (χ4n) is 2.60. The minimum absolute atomic E-state index is 0.114. The van der Waals surface area contributed by atoms with E-state index >= 15 is 0 Å². The van der Waals surface area contributed by atoms with Crippen molar-refractivity contribution in [2.75, 3.05) is 0 Å². The topological polar surface area (TPSA) is 102 Å². The van der Waals surface area contributed by atoms with Crippen LogP contribution in [0.1, 0.15) is 33.0 Å². The summed E-state index contributed by atoms with van der Waals surface area (Å²) in [7, 11) is 0. The molecule has 0 aromatic carbocycles. The van der Waals surface area contributed by atoms with Crippen LogP contribution < -0.4 is 10.8 Å². The molecule has 3 aromatic rings. The molecule has 1 unspecified atom stereocenters. The molecule has 3 aromatic heterocycles. The van der Waals surface area contributed by atoms with Gasteiger partial charge in [0, 0.05) is 11.6 Å². The molecular weight excluding hydrogens is 280 g/mol. The Hall–Kier alpha value is -1.96. The zero-order chi connectivity index (χ0) is 15.7. The molecule has 7 heteroatoms. The Kier molecular flexibility index (Phi) is 3.86. The van der Waals surface area contributed by atoms with Crippen LogP contribution >= 0.6 is 0 Å². The molecule has 0 aliphatic heterocycles. The van der Waals surface area contributed by atoms with Crippen molar-refractivity contribution in [1.82, 2.24) is 30.7 Å². The van der Waals surface area contributed by atoms with Gasteiger partial charge in [0.25, 0.3) is 0 Å². The second-order valence-corrected chi connectivity index (χ2v) is 6.77. The van der Waals surface area contributed by atoms with E-state index in [4.69, 9.17) is 0 Å². The maximum atomic E-state index is 9.26. The van der Waals surface area contributed by atoms with Gasteiger partial charge in [-0.25, -0.2) is 9.97 Å². The minimum atomic E-state index is -0.182.